The van der Waals surface area contributed by atoms with E-state index in [0.29, 0.717) is 6.04 Å². The smallest absolute Gasteiger partial charge is 0.0499 e. The summed E-state index contributed by atoms with van der Waals surface area (Å²) in [6.07, 6.45) is 10.4. The van der Waals surface area contributed by atoms with E-state index >= 15 is 0 Å². The van der Waals surface area contributed by atoms with Gasteiger partial charge in [-0.1, -0.05) is 25.3 Å². The van der Waals surface area contributed by atoms with E-state index in [-0.39, 0.29) is 0 Å². The molecule has 1 saturated carbocycles. The average Bonchev–Trinajstić information content (AvgIpc) is 2.29. The molecule has 0 unspecified atom stereocenters. The summed E-state index contributed by atoms with van der Waals surface area (Å²) >= 11 is 0. The zero-order valence-electron chi connectivity index (χ0n) is 9.32. The molecule has 1 aliphatic carbocycles. The molecule has 2 rings (SSSR count). The normalized spacial score (nSPS) is 18.5. The number of aliphatic imine (C=N–C) groups is 1. The first-order valence-corrected chi connectivity index (χ1v) is 5.81. The highest BCUT2D eigenvalue weighted by atomic mass is 14.8. The van der Waals surface area contributed by atoms with Gasteiger partial charge in [-0.15, -0.1) is 0 Å². The van der Waals surface area contributed by atoms with Crippen molar-refractivity contribution in [2.75, 3.05) is 0 Å². The lowest BCUT2D eigenvalue weighted by Gasteiger charge is -2.17. The summed E-state index contributed by atoms with van der Waals surface area (Å²) in [7, 11) is 0. The average molecular weight is 202 g/mol. The Morgan fingerprint density at radius 3 is 2.87 bits per heavy atom. The predicted octanol–water partition coefficient (Wildman–Crippen LogP) is 3.14. The van der Waals surface area contributed by atoms with E-state index in [1.54, 1.807) is 0 Å². The number of hydrogen-bond acceptors (Lipinski definition) is 2. The second-order valence-electron chi connectivity index (χ2n) is 4.25. The third-order valence-corrected chi connectivity index (χ3v) is 3.05. The van der Waals surface area contributed by atoms with Crippen LogP contribution in [-0.4, -0.2) is 17.2 Å². The summed E-state index contributed by atoms with van der Waals surface area (Å²) in [6, 6.07) is 4.60. The number of aromatic nitrogens is 1. The van der Waals surface area contributed by atoms with Crippen molar-refractivity contribution in [1.29, 1.82) is 0 Å². The second-order valence-corrected chi connectivity index (χ2v) is 4.25. The van der Waals surface area contributed by atoms with Crippen LogP contribution in [0.2, 0.25) is 0 Å². The van der Waals surface area contributed by atoms with Crippen molar-refractivity contribution < 1.29 is 0 Å². The molecule has 1 fully saturated rings. The Morgan fingerprint density at radius 2 is 2.13 bits per heavy atom. The molecule has 15 heavy (non-hydrogen) atoms. The Morgan fingerprint density at radius 1 is 1.33 bits per heavy atom. The molecule has 2 nitrogen and oxygen atoms in total. The van der Waals surface area contributed by atoms with E-state index in [0.717, 1.165) is 11.3 Å². The van der Waals surface area contributed by atoms with Gasteiger partial charge in [-0.05, 0) is 25.8 Å². The fraction of sp³-hybridized carbons (Fsp3) is 0.538. The standard InChI is InChI=1S/C13H18N2/c1-11-12(6-5-9-14-11)10-15-13-7-3-2-4-8-13/h5-6,9-10,13H,2-4,7-8H2,1H3. The fourth-order valence-corrected chi connectivity index (χ4v) is 2.05. The maximum Gasteiger partial charge on any atom is 0.0499 e. The molecule has 0 aromatic carbocycles. The van der Waals surface area contributed by atoms with Crippen LogP contribution in [-0.2, 0) is 0 Å². The summed E-state index contributed by atoms with van der Waals surface area (Å²) in [5.41, 5.74) is 2.22. The molecule has 0 saturated heterocycles. The van der Waals surface area contributed by atoms with Crippen LogP contribution in [0.4, 0.5) is 0 Å². The summed E-state index contributed by atoms with van der Waals surface area (Å²) in [5, 5.41) is 0. The minimum Gasteiger partial charge on any atom is -0.289 e. The Bertz CT molecular complexity index is 338. The van der Waals surface area contributed by atoms with Crippen molar-refractivity contribution in [3.63, 3.8) is 0 Å². The molecular formula is C13H18N2. The van der Waals surface area contributed by atoms with Crippen LogP contribution >= 0.6 is 0 Å². The van der Waals surface area contributed by atoms with Crippen LogP contribution in [0.3, 0.4) is 0 Å². The van der Waals surface area contributed by atoms with Crippen LogP contribution in [0.25, 0.3) is 0 Å². The van der Waals surface area contributed by atoms with E-state index in [1.807, 2.05) is 25.4 Å². The van der Waals surface area contributed by atoms with E-state index in [2.05, 4.69) is 16.0 Å². The van der Waals surface area contributed by atoms with Crippen molar-refractivity contribution in [3.8, 4) is 0 Å². The van der Waals surface area contributed by atoms with Crippen LogP contribution in [0.15, 0.2) is 23.3 Å². The SMILES string of the molecule is Cc1ncccc1C=NC1CCCCC1. The van der Waals surface area contributed by atoms with Gasteiger partial charge in [0.2, 0.25) is 0 Å². The molecule has 0 bridgehead atoms. The lowest BCUT2D eigenvalue weighted by Crippen LogP contribution is -2.09. The fourth-order valence-electron chi connectivity index (χ4n) is 2.05. The monoisotopic (exact) mass is 202 g/mol. The van der Waals surface area contributed by atoms with Gasteiger partial charge in [-0.25, -0.2) is 0 Å². The van der Waals surface area contributed by atoms with E-state index in [4.69, 9.17) is 0 Å². The predicted molar refractivity (Wildman–Crippen MR) is 63.4 cm³/mol. The molecule has 1 aromatic heterocycles. The van der Waals surface area contributed by atoms with Crippen LogP contribution < -0.4 is 0 Å². The molecule has 1 heterocycles. The maximum atomic E-state index is 4.65. The quantitative estimate of drug-likeness (QED) is 0.676. The minimum absolute atomic E-state index is 0.554. The third-order valence-electron chi connectivity index (χ3n) is 3.05. The van der Waals surface area contributed by atoms with E-state index in [1.165, 1.54) is 32.1 Å². The zero-order chi connectivity index (χ0) is 10.5. The zero-order valence-corrected chi connectivity index (χ0v) is 9.32. The van der Waals surface area contributed by atoms with Gasteiger partial charge >= 0.3 is 0 Å². The number of rotatable bonds is 2. The first-order valence-electron chi connectivity index (χ1n) is 5.81. The highest BCUT2D eigenvalue weighted by Gasteiger charge is 2.10. The molecule has 80 valence electrons. The van der Waals surface area contributed by atoms with Gasteiger partial charge in [0.25, 0.3) is 0 Å². The highest BCUT2D eigenvalue weighted by Crippen LogP contribution is 2.20. The Labute approximate surface area is 91.5 Å². The van der Waals surface area contributed by atoms with Gasteiger partial charge in [-0.2, -0.15) is 0 Å². The van der Waals surface area contributed by atoms with Crippen molar-refractivity contribution in [3.05, 3.63) is 29.6 Å². The molecule has 0 spiro atoms. The van der Waals surface area contributed by atoms with Gasteiger partial charge in [0.15, 0.2) is 0 Å². The van der Waals surface area contributed by atoms with Crippen LogP contribution in [0, 0.1) is 6.92 Å². The second kappa shape index (κ2) is 5.06. The van der Waals surface area contributed by atoms with Crippen molar-refractivity contribution >= 4 is 6.21 Å². The van der Waals surface area contributed by atoms with Crippen LogP contribution in [0.5, 0.6) is 0 Å². The van der Waals surface area contributed by atoms with Gasteiger partial charge < -0.3 is 0 Å². The van der Waals surface area contributed by atoms with Gasteiger partial charge in [0, 0.05) is 29.7 Å². The number of pyridine rings is 1. The van der Waals surface area contributed by atoms with Crippen molar-refractivity contribution in [1.82, 2.24) is 4.98 Å². The first kappa shape index (κ1) is 10.3. The largest absolute Gasteiger partial charge is 0.289 e. The Balaban J connectivity index is 2.01. The molecule has 2 heteroatoms. The van der Waals surface area contributed by atoms with Gasteiger partial charge in [0.1, 0.15) is 0 Å². The Hall–Kier alpha value is -1.18. The number of aryl methyl sites for hydroxylation is 1. The summed E-state index contributed by atoms with van der Waals surface area (Å²) in [4.78, 5) is 8.90. The lowest BCUT2D eigenvalue weighted by atomic mass is 9.96. The van der Waals surface area contributed by atoms with Gasteiger partial charge in [0.05, 0.1) is 0 Å². The molecule has 0 amide bonds. The topological polar surface area (TPSA) is 25.2 Å². The number of nitrogens with zero attached hydrogens (tertiary/aromatic N) is 2. The lowest BCUT2D eigenvalue weighted by molar-refractivity contribution is 0.444. The van der Waals surface area contributed by atoms with E-state index < -0.39 is 0 Å². The van der Waals surface area contributed by atoms with Gasteiger partial charge in [-0.3, -0.25) is 9.98 Å². The highest BCUT2D eigenvalue weighted by molar-refractivity contribution is 5.80. The first-order chi connectivity index (χ1) is 7.36. The molecule has 0 atom stereocenters. The molecule has 0 aliphatic heterocycles. The van der Waals surface area contributed by atoms with Crippen molar-refractivity contribution in [2.24, 2.45) is 4.99 Å². The molecular weight excluding hydrogens is 184 g/mol. The van der Waals surface area contributed by atoms with E-state index in [9.17, 15) is 0 Å². The Kier molecular flexibility index (Phi) is 3.49. The maximum absolute atomic E-state index is 4.65. The minimum atomic E-state index is 0.554. The van der Waals surface area contributed by atoms with Crippen molar-refractivity contribution in [2.45, 2.75) is 45.1 Å². The molecule has 0 N–H and O–H groups in total. The summed E-state index contributed by atoms with van der Waals surface area (Å²) in [6.45, 7) is 2.03. The van der Waals surface area contributed by atoms with Crippen LogP contribution in [0.1, 0.15) is 43.4 Å². The number of hydrogen-bond donors (Lipinski definition) is 0. The molecule has 1 aliphatic rings. The molecule has 0 radical (unpaired) electrons. The molecule has 1 aromatic rings. The summed E-state index contributed by atoms with van der Waals surface area (Å²) < 4.78 is 0. The summed E-state index contributed by atoms with van der Waals surface area (Å²) in [5.74, 6) is 0. The third kappa shape index (κ3) is 2.88.